The molecule has 0 bridgehead atoms. The van der Waals surface area contributed by atoms with Gasteiger partial charge in [0.05, 0.1) is 0 Å². The summed E-state index contributed by atoms with van der Waals surface area (Å²) in [5.41, 5.74) is 0. The molecule has 0 spiro atoms. The van der Waals surface area contributed by atoms with Crippen molar-refractivity contribution >= 4 is 5.78 Å². The van der Waals surface area contributed by atoms with Crippen LogP contribution in [0.1, 0.15) is 27.2 Å². The Morgan fingerprint density at radius 1 is 1.50 bits per heavy atom. The number of hydrogen-bond acceptors (Lipinski definition) is 2. The smallest absolute Gasteiger partial charge is 0.161 e. The summed E-state index contributed by atoms with van der Waals surface area (Å²) in [5, 5.41) is 0. The van der Waals surface area contributed by atoms with Gasteiger partial charge in [-0.2, -0.15) is 0 Å². The zero-order valence-electron chi connectivity index (χ0n) is 7.18. The van der Waals surface area contributed by atoms with Crippen molar-refractivity contribution in [3.8, 4) is 0 Å². The Labute approximate surface area is 62.6 Å². The fourth-order valence-electron chi connectivity index (χ4n) is 0.977. The van der Waals surface area contributed by atoms with Gasteiger partial charge in [-0.25, -0.2) is 0 Å². The van der Waals surface area contributed by atoms with Crippen LogP contribution in [0.5, 0.6) is 0 Å². The molecule has 0 aromatic heterocycles. The zero-order valence-corrected chi connectivity index (χ0v) is 7.18. The van der Waals surface area contributed by atoms with Crippen LogP contribution < -0.4 is 0 Å². The summed E-state index contributed by atoms with van der Waals surface area (Å²) >= 11 is 0. The Bertz CT molecular complexity index is 108. The second-order valence-electron chi connectivity index (χ2n) is 2.72. The Balaban J connectivity index is 3.93. The van der Waals surface area contributed by atoms with E-state index in [2.05, 4.69) is 0 Å². The summed E-state index contributed by atoms with van der Waals surface area (Å²) in [7, 11) is 1.58. The molecular formula is C8H16O2. The van der Waals surface area contributed by atoms with Gasteiger partial charge in [0.25, 0.3) is 0 Å². The molecule has 0 saturated heterocycles. The van der Waals surface area contributed by atoms with E-state index in [1.807, 2.05) is 20.8 Å². The van der Waals surface area contributed by atoms with Gasteiger partial charge in [-0.1, -0.05) is 20.8 Å². The highest BCUT2D eigenvalue weighted by atomic mass is 16.5. The lowest BCUT2D eigenvalue weighted by Crippen LogP contribution is -2.27. The number of rotatable bonds is 4. The van der Waals surface area contributed by atoms with Gasteiger partial charge < -0.3 is 4.74 Å². The molecule has 0 aromatic rings. The molecule has 0 aliphatic heterocycles. The van der Waals surface area contributed by atoms with Gasteiger partial charge in [0.1, 0.15) is 6.10 Å². The van der Waals surface area contributed by atoms with E-state index in [0.29, 0.717) is 6.42 Å². The molecule has 0 heterocycles. The minimum absolute atomic E-state index is 0.192. The van der Waals surface area contributed by atoms with E-state index in [4.69, 9.17) is 4.74 Å². The first-order valence-corrected chi connectivity index (χ1v) is 3.69. The van der Waals surface area contributed by atoms with Gasteiger partial charge in [0, 0.05) is 13.5 Å². The standard InChI is InChI=1S/C8H16O2/c1-5-7(9)8(10-4)6(2)3/h6,8H,5H2,1-4H3. The summed E-state index contributed by atoms with van der Waals surface area (Å²) < 4.78 is 5.01. The molecule has 0 fully saturated rings. The number of ketones is 1. The molecule has 0 saturated carbocycles. The lowest BCUT2D eigenvalue weighted by Gasteiger charge is -2.16. The Morgan fingerprint density at radius 3 is 2.10 bits per heavy atom. The minimum atomic E-state index is -0.204. The SMILES string of the molecule is CCC(=O)C(OC)C(C)C. The van der Waals surface area contributed by atoms with E-state index in [0.717, 1.165) is 0 Å². The molecule has 2 nitrogen and oxygen atoms in total. The maximum absolute atomic E-state index is 11.1. The van der Waals surface area contributed by atoms with Crippen molar-refractivity contribution in [3.63, 3.8) is 0 Å². The summed E-state index contributed by atoms with van der Waals surface area (Å²) in [6, 6.07) is 0. The van der Waals surface area contributed by atoms with E-state index in [9.17, 15) is 4.79 Å². The maximum Gasteiger partial charge on any atom is 0.161 e. The van der Waals surface area contributed by atoms with Crippen LogP contribution in [0, 0.1) is 5.92 Å². The second-order valence-corrected chi connectivity index (χ2v) is 2.72. The molecule has 1 atom stereocenters. The van der Waals surface area contributed by atoms with Crippen LogP contribution in [0.2, 0.25) is 0 Å². The number of Topliss-reactive ketones (excluding diaryl/α,β-unsaturated/α-hetero) is 1. The van der Waals surface area contributed by atoms with Crippen LogP contribution in [0.15, 0.2) is 0 Å². The van der Waals surface area contributed by atoms with Crippen molar-refractivity contribution in [2.45, 2.75) is 33.3 Å². The van der Waals surface area contributed by atoms with Crippen molar-refractivity contribution < 1.29 is 9.53 Å². The first kappa shape index (κ1) is 9.63. The second kappa shape index (κ2) is 4.45. The van der Waals surface area contributed by atoms with Gasteiger partial charge in [-0.3, -0.25) is 4.79 Å². The van der Waals surface area contributed by atoms with Gasteiger partial charge in [-0.05, 0) is 5.92 Å². The molecule has 2 heteroatoms. The normalized spacial score (nSPS) is 13.7. The van der Waals surface area contributed by atoms with Crippen LogP contribution in [0.25, 0.3) is 0 Å². The summed E-state index contributed by atoms with van der Waals surface area (Å²) in [5.74, 6) is 0.481. The lowest BCUT2D eigenvalue weighted by atomic mass is 10.0. The molecule has 60 valence electrons. The van der Waals surface area contributed by atoms with Crippen molar-refractivity contribution in [2.24, 2.45) is 5.92 Å². The Morgan fingerprint density at radius 2 is 2.00 bits per heavy atom. The van der Waals surface area contributed by atoms with Crippen LogP contribution >= 0.6 is 0 Å². The molecule has 0 amide bonds. The molecular weight excluding hydrogens is 128 g/mol. The van der Waals surface area contributed by atoms with Crippen LogP contribution in [0.3, 0.4) is 0 Å². The minimum Gasteiger partial charge on any atom is -0.373 e. The highest BCUT2D eigenvalue weighted by Crippen LogP contribution is 2.07. The van der Waals surface area contributed by atoms with Crippen molar-refractivity contribution in [1.29, 1.82) is 0 Å². The Hall–Kier alpha value is -0.370. The summed E-state index contributed by atoms with van der Waals surface area (Å²) in [6.45, 7) is 5.83. The van der Waals surface area contributed by atoms with Crippen molar-refractivity contribution in [2.75, 3.05) is 7.11 Å². The molecule has 10 heavy (non-hydrogen) atoms. The topological polar surface area (TPSA) is 26.3 Å². The number of methoxy groups -OCH3 is 1. The van der Waals surface area contributed by atoms with Crippen LogP contribution in [-0.2, 0) is 9.53 Å². The fourth-order valence-corrected chi connectivity index (χ4v) is 0.977. The predicted molar refractivity (Wildman–Crippen MR) is 40.9 cm³/mol. The molecule has 0 N–H and O–H groups in total. The third kappa shape index (κ3) is 2.48. The summed E-state index contributed by atoms with van der Waals surface area (Å²) in [6.07, 6.45) is 0.362. The third-order valence-corrected chi connectivity index (χ3v) is 1.53. The molecule has 0 aliphatic carbocycles. The molecule has 0 radical (unpaired) electrons. The van der Waals surface area contributed by atoms with Crippen LogP contribution in [-0.4, -0.2) is 19.0 Å². The van der Waals surface area contributed by atoms with Gasteiger partial charge in [0.15, 0.2) is 5.78 Å². The average Bonchev–Trinajstić information content (AvgIpc) is 1.88. The highest BCUT2D eigenvalue weighted by Gasteiger charge is 2.18. The van der Waals surface area contributed by atoms with Crippen LogP contribution in [0.4, 0.5) is 0 Å². The zero-order chi connectivity index (χ0) is 8.15. The van der Waals surface area contributed by atoms with Gasteiger partial charge >= 0.3 is 0 Å². The lowest BCUT2D eigenvalue weighted by molar-refractivity contribution is -0.130. The Kier molecular flexibility index (Phi) is 4.28. The van der Waals surface area contributed by atoms with E-state index >= 15 is 0 Å². The van der Waals surface area contributed by atoms with E-state index in [-0.39, 0.29) is 17.8 Å². The van der Waals surface area contributed by atoms with Crippen molar-refractivity contribution in [3.05, 3.63) is 0 Å². The van der Waals surface area contributed by atoms with E-state index < -0.39 is 0 Å². The molecule has 0 rings (SSSR count). The first-order chi connectivity index (χ1) is 4.63. The van der Waals surface area contributed by atoms with Gasteiger partial charge in [-0.15, -0.1) is 0 Å². The van der Waals surface area contributed by atoms with E-state index in [1.54, 1.807) is 7.11 Å². The van der Waals surface area contributed by atoms with E-state index in [1.165, 1.54) is 0 Å². The summed E-state index contributed by atoms with van der Waals surface area (Å²) in [4.78, 5) is 11.1. The monoisotopic (exact) mass is 144 g/mol. The largest absolute Gasteiger partial charge is 0.373 e. The maximum atomic E-state index is 11.1. The third-order valence-electron chi connectivity index (χ3n) is 1.53. The average molecular weight is 144 g/mol. The number of hydrogen-bond donors (Lipinski definition) is 0. The molecule has 0 aliphatic rings. The van der Waals surface area contributed by atoms with Gasteiger partial charge in [0.2, 0.25) is 0 Å². The number of carbonyl (C=O) groups excluding carboxylic acids is 1. The highest BCUT2D eigenvalue weighted by molar-refractivity contribution is 5.82. The number of carbonyl (C=O) groups is 1. The first-order valence-electron chi connectivity index (χ1n) is 3.69. The quantitative estimate of drug-likeness (QED) is 0.599. The molecule has 0 aromatic carbocycles. The predicted octanol–water partition coefficient (Wildman–Crippen LogP) is 1.64. The molecule has 1 unspecified atom stereocenters. The van der Waals surface area contributed by atoms with Crippen molar-refractivity contribution in [1.82, 2.24) is 0 Å². The number of ether oxygens (including phenoxy) is 1. The fraction of sp³-hybridized carbons (Fsp3) is 0.875.